The SMILES string of the molecule is CCCCNC(=S)N1CC[C@@H](O)[C@H](O)[C@H]1CO. The summed E-state index contributed by atoms with van der Waals surface area (Å²) in [4.78, 5) is 1.77. The minimum atomic E-state index is -0.945. The average Bonchev–Trinajstić information content (AvgIpc) is 2.32. The zero-order valence-electron chi connectivity index (χ0n) is 10.2. The Morgan fingerprint density at radius 3 is 2.76 bits per heavy atom. The summed E-state index contributed by atoms with van der Waals surface area (Å²) in [6.45, 7) is 3.24. The molecule has 6 heteroatoms. The molecular formula is C11H22N2O3S. The number of piperidine rings is 1. The molecule has 1 aliphatic rings. The number of unbranched alkanes of at least 4 members (excludes halogenated alkanes) is 1. The van der Waals surface area contributed by atoms with Crippen LogP contribution >= 0.6 is 12.2 Å². The molecule has 1 aliphatic heterocycles. The highest BCUT2D eigenvalue weighted by Gasteiger charge is 2.36. The summed E-state index contributed by atoms with van der Waals surface area (Å²) >= 11 is 5.23. The van der Waals surface area contributed by atoms with Crippen molar-refractivity contribution in [2.24, 2.45) is 0 Å². The molecule has 1 fully saturated rings. The van der Waals surface area contributed by atoms with Gasteiger partial charge in [0.05, 0.1) is 18.8 Å². The molecule has 1 rings (SSSR count). The maximum atomic E-state index is 9.79. The van der Waals surface area contributed by atoms with Crippen LogP contribution in [0.25, 0.3) is 0 Å². The largest absolute Gasteiger partial charge is 0.394 e. The van der Waals surface area contributed by atoms with E-state index in [1.807, 2.05) is 0 Å². The van der Waals surface area contributed by atoms with Crippen molar-refractivity contribution >= 4 is 17.3 Å². The summed E-state index contributed by atoms with van der Waals surface area (Å²) in [6, 6.07) is -0.514. The number of nitrogens with one attached hydrogen (secondary N) is 1. The van der Waals surface area contributed by atoms with Crippen molar-refractivity contribution < 1.29 is 15.3 Å². The first kappa shape index (κ1) is 14.6. The molecule has 3 atom stereocenters. The Hall–Kier alpha value is -0.430. The molecule has 17 heavy (non-hydrogen) atoms. The predicted molar refractivity (Wildman–Crippen MR) is 69.7 cm³/mol. The van der Waals surface area contributed by atoms with Crippen LogP contribution in [0.5, 0.6) is 0 Å². The van der Waals surface area contributed by atoms with Gasteiger partial charge in [0.25, 0.3) is 0 Å². The number of likely N-dealkylation sites (tertiary alicyclic amines) is 1. The molecule has 0 aliphatic carbocycles. The van der Waals surface area contributed by atoms with Gasteiger partial charge < -0.3 is 25.5 Å². The van der Waals surface area contributed by atoms with E-state index in [4.69, 9.17) is 12.2 Å². The van der Waals surface area contributed by atoms with E-state index >= 15 is 0 Å². The number of hydrogen-bond donors (Lipinski definition) is 4. The maximum Gasteiger partial charge on any atom is 0.169 e. The highest BCUT2D eigenvalue weighted by molar-refractivity contribution is 7.80. The Bertz CT molecular complexity index is 253. The molecule has 0 bridgehead atoms. The molecule has 0 aromatic carbocycles. The summed E-state index contributed by atoms with van der Waals surface area (Å²) in [5.41, 5.74) is 0. The topological polar surface area (TPSA) is 76.0 Å². The van der Waals surface area contributed by atoms with Gasteiger partial charge in [0.15, 0.2) is 5.11 Å². The molecule has 0 amide bonds. The van der Waals surface area contributed by atoms with Gasteiger partial charge in [-0.15, -0.1) is 0 Å². The van der Waals surface area contributed by atoms with Crippen LogP contribution in [0.1, 0.15) is 26.2 Å². The Balaban J connectivity index is 2.53. The fourth-order valence-electron chi connectivity index (χ4n) is 1.98. The smallest absolute Gasteiger partial charge is 0.169 e. The standard InChI is InChI=1S/C11H22N2O3S/c1-2-3-5-12-11(17)13-6-4-9(15)10(16)8(13)7-14/h8-10,14-16H,2-7H2,1H3,(H,12,17)/t8-,9-,10-/m1/s1. The monoisotopic (exact) mass is 262 g/mol. The third-order valence-electron chi connectivity index (χ3n) is 3.11. The summed E-state index contributed by atoms with van der Waals surface area (Å²) < 4.78 is 0. The molecule has 4 N–H and O–H groups in total. The predicted octanol–water partition coefficient (Wildman–Crippen LogP) is -0.551. The lowest BCUT2D eigenvalue weighted by Crippen LogP contribution is -2.60. The average molecular weight is 262 g/mol. The van der Waals surface area contributed by atoms with Crippen molar-refractivity contribution in [1.29, 1.82) is 0 Å². The van der Waals surface area contributed by atoms with Gasteiger partial charge in [0.2, 0.25) is 0 Å². The van der Waals surface area contributed by atoms with Gasteiger partial charge in [-0.1, -0.05) is 13.3 Å². The van der Waals surface area contributed by atoms with Crippen molar-refractivity contribution in [2.45, 2.75) is 44.4 Å². The van der Waals surface area contributed by atoms with Gasteiger partial charge in [-0.2, -0.15) is 0 Å². The van der Waals surface area contributed by atoms with Gasteiger partial charge >= 0.3 is 0 Å². The van der Waals surface area contributed by atoms with Crippen LogP contribution in [0.2, 0.25) is 0 Å². The number of nitrogens with zero attached hydrogens (tertiary/aromatic N) is 1. The Morgan fingerprint density at radius 1 is 1.47 bits per heavy atom. The van der Waals surface area contributed by atoms with E-state index in [-0.39, 0.29) is 6.61 Å². The molecular weight excluding hydrogens is 240 g/mol. The van der Waals surface area contributed by atoms with Crippen molar-refractivity contribution in [3.05, 3.63) is 0 Å². The first-order valence-corrected chi connectivity index (χ1v) is 6.54. The molecule has 0 aromatic heterocycles. The Kier molecular flexibility index (Phi) is 6.11. The van der Waals surface area contributed by atoms with E-state index in [2.05, 4.69) is 12.2 Å². The zero-order chi connectivity index (χ0) is 12.8. The van der Waals surface area contributed by atoms with E-state index in [1.54, 1.807) is 4.90 Å². The van der Waals surface area contributed by atoms with Gasteiger partial charge in [0.1, 0.15) is 6.10 Å². The molecule has 0 saturated carbocycles. The van der Waals surface area contributed by atoms with Gasteiger partial charge in [-0.25, -0.2) is 0 Å². The molecule has 0 radical (unpaired) electrons. The van der Waals surface area contributed by atoms with Crippen LogP contribution in [-0.2, 0) is 0 Å². The van der Waals surface area contributed by atoms with Gasteiger partial charge in [-0.3, -0.25) is 0 Å². The lowest BCUT2D eigenvalue weighted by atomic mass is 9.97. The van der Waals surface area contributed by atoms with Crippen molar-refractivity contribution in [2.75, 3.05) is 19.7 Å². The van der Waals surface area contributed by atoms with Crippen molar-refractivity contribution in [3.8, 4) is 0 Å². The molecule has 0 unspecified atom stereocenters. The summed E-state index contributed by atoms with van der Waals surface area (Å²) in [7, 11) is 0. The van der Waals surface area contributed by atoms with Crippen LogP contribution < -0.4 is 5.32 Å². The maximum absolute atomic E-state index is 9.79. The molecule has 1 saturated heterocycles. The summed E-state index contributed by atoms with van der Waals surface area (Å²) in [5.74, 6) is 0. The fraction of sp³-hybridized carbons (Fsp3) is 0.909. The molecule has 1 heterocycles. The molecule has 5 nitrogen and oxygen atoms in total. The third kappa shape index (κ3) is 3.77. The minimum Gasteiger partial charge on any atom is -0.394 e. The third-order valence-corrected chi connectivity index (χ3v) is 3.49. The van der Waals surface area contributed by atoms with Crippen LogP contribution in [-0.4, -0.2) is 63.3 Å². The molecule has 100 valence electrons. The lowest BCUT2D eigenvalue weighted by Gasteiger charge is -2.42. The van der Waals surface area contributed by atoms with E-state index in [9.17, 15) is 15.3 Å². The number of aliphatic hydroxyl groups is 3. The van der Waals surface area contributed by atoms with Gasteiger partial charge in [-0.05, 0) is 25.1 Å². The number of rotatable bonds is 4. The molecule has 0 aromatic rings. The second kappa shape index (κ2) is 7.10. The van der Waals surface area contributed by atoms with Crippen LogP contribution in [0.15, 0.2) is 0 Å². The number of hydrogen-bond acceptors (Lipinski definition) is 4. The number of thiocarbonyl (C=S) groups is 1. The second-order valence-corrected chi connectivity index (χ2v) is 4.76. The van der Waals surface area contributed by atoms with Gasteiger partial charge in [0, 0.05) is 13.1 Å². The lowest BCUT2D eigenvalue weighted by molar-refractivity contribution is -0.0695. The van der Waals surface area contributed by atoms with E-state index < -0.39 is 18.2 Å². The Labute approximate surface area is 107 Å². The highest BCUT2D eigenvalue weighted by atomic mass is 32.1. The van der Waals surface area contributed by atoms with Crippen molar-refractivity contribution in [1.82, 2.24) is 10.2 Å². The van der Waals surface area contributed by atoms with E-state index in [1.165, 1.54) is 0 Å². The minimum absolute atomic E-state index is 0.214. The molecule has 0 spiro atoms. The summed E-state index contributed by atoms with van der Waals surface area (Å²) in [6.07, 6.45) is 0.859. The van der Waals surface area contributed by atoms with Crippen LogP contribution in [0, 0.1) is 0 Å². The quantitative estimate of drug-likeness (QED) is 0.402. The summed E-state index contributed by atoms with van der Waals surface area (Å²) in [5, 5.41) is 32.3. The fourth-order valence-corrected chi connectivity index (χ4v) is 2.31. The second-order valence-electron chi connectivity index (χ2n) is 4.38. The highest BCUT2D eigenvalue weighted by Crippen LogP contribution is 2.18. The zero-order valence-corrected chi connectivity index (χ0v) is 11.0. The van der Waals surface area contributed by atoms with Crippen LogP contribution in [0.4, 0.5) is 0 Å². The first-order chi connectivity index (χ1) is 8.11. The van der Waals surface area contributed by atoms with E-state index in [0.29, 0.717) is 18.1 Å². The normalized spacial score (nSPS) is 29.2. The first-order valence-electron chi connectivity index (χ1n) is 6.13. The Morgan fingerprint density at radius 2 is 2.18 bits per heavy atom. The van der Waals surface area contributed by atoms with E-state index in [0.717, 1.165) is 19.4 Å². The van der Waals surface area contributed by atoms with Crippen LogP contribution in [0.3, 0.4) is 0 Å². The number of aliphatic hydroxyl groups excluding tert-OH is 3. The van der Waals surface area contributed by atoms with Crippen molar-refractivity contribution in [3.63, 3.8) is 0 Å².